The van der Waals surface area contributed by atoms with Crippen molar-refractivity contribution in [3.8, 4) is 0 Å². The van der Waals surface area contributed by atoms with Gasteiger partial charge in [0.25, 0.3) is 0 Å². The van der Waals surface area contributed by atoms with E-state index in [1.807, 2.05) is 0 Å². The van der Waals surface area contributed by atoms with Crippen molar-refractivity contribution in [2.45, 2.75) is 19.8 Å². The first kappa shape index (κ1) is 11.2. The third-order valence-corrected chi connectivity index (χ3v) is 2.23. The van der Waals surface area contributed by atoms with E-state index in [0.29, 0.717) is 24.1 Å². The average molecular weight is 211 g/mol. The predicted molar refractivity (Wildman–Crippen MR) is 54.1 cm³/mol. The van der Waals surface area contributed by atoms with Crippen LogP contribution >= 0.6 is 0 Å². The molecule has 0 aromatic heterocycles. The summed E-state index contributed by atoms with van der Waals surface area (Å²) < 4.78 is 4.61. The van der Waals surface area contributed by atoms with Crippen LogP contribution in [0.4, 0.5) is 4.79 Å². The van der Waals surface area contributed by atoms with Gasteiger partial charge in [-0.2, -0.15) is 5.10 Å². The molecule has 0 saturated carbocycles. The Labute approximate surface area is 87.2 Å². The summed E-state index contributed by atoms with van der Waals surface area (Å²) in [5, 5.41) is 3.80. The lowest BCUT2D eigenvalue weighted by Gasteiger charge is -2.00. The van der Waals surface area contributed by atoms with Gasteiger partial charge in [0.1, 0.15) is 0 Å². The molecule has 0 radical (unpaired) electrons. The van der Waals surface area contributed by atoms with Crippen LogP contribution in [0.5, 0.6) is 0 Å². The number of amides is 2. The lowest BCUT2D eigenvalue weighted by Crippen LogP contribution is -2.25. The third-order valence-electron chi connectivity index (χ3n) is 2.23. The molecule has 0 spiro atoms. The van der Waals surface area contributed by atoms with Crippen LogP contribution in [-0.2, 0) is 9.53 Å². The number of urea groups is 1. The molecule has 0 atom stereocenters. The fraction of sp³-hybridized carbons (Fsp3) is 0.444. The molecule has 0 heterocycles. The van der Waals surface area contributed by atoms with Gasteiger partial charge in [0, 0.05) is 5.57 Å². The lowest BCUT2D eigenvalue weighted by molar-refractivity contribution is -0.136. The molecule has 6 heteroatoms. The van der Waals surface area contributed by atoms with E-state index in [0.717, 1.165) is 5.57 Å². The Balaban J connectivity index is 2.82. The Hall–Kier alpha value is -1.85. The van der Waals surface area contributed by atoms with E-state index in [1.54, 1.807) is 6.92 Å². The van der Waals surface area contributed by atoms with Crippen molar-refractivity contribution >= 4 is 17.7 Å². The second-order valence-corrected chi connectivity index (χ2v) is 3.13. The molecule has 0 bridgehead atoms. The van der Waals surface area contributed by atoms with E-state index in [1.165, 1.54) is 7.11 Å². The topological polar surface area (TPSA) is 93.8 Å². The van der Waals surface area contributed by atoms with Crippen LogP contribution in [0.25, 0.3) is 0 Å². The Kier molecular flexibility index (Phi) is 3.43. The Bertz CT molecular complexity index is 358. The van der Waals surface area contributed by atoms with E-state index in [2.05, 4.69) is 15.3 Å². The molecule has 0 aliphatic heterocycles. The number of hydrazone groups is 1. The standard InChI is InChI=1S/C9H13N3O3/c1-5-6(8(13)15-2)3-4-7(5)11-12-9(10)14/h3-4H2,1-2H3,(H3,10,12,14)/b11-7-. The molecular formula is C9H13N3O3. The van der Waals surface area contributed by atoms with Gasteiger partial charge in [0.2, 0.25) is 0 Å². The van der Waals surface area contributed by atoms with Crippen molar-refractivity contribution in [2.24, 2.45) is 10.8 Å². The number of nitrogens with zero attached hydrogens (tertiary/aromatic N) is 1. The van der Waals surface area contributed by atoms with Crippen LogP contribution in [0.2, 0.25) is 0 Å². The highest BCUT2D eigenvalue weighted by Gasteiger charge is 2.23. The number of nitrogens with two attached hydrogens (primary N) is 1. The van der Waals surface area contributed by atoms with E-state index in [4.69, 9.17) is 5.73 Å². The quantitative estimate of drug-likeness (QED) is 0.508. The number of primary amides is 1. The van der Waals surface area contributed by atoms with E-state index in [9.17, 15) is 9.59 Å². The Morgan fingerprint density at radius 3 is 2.67 bits per heavy atom. The van der Waals surface area contributed by atoms with Crippen molar-refractivity contribution in [3.05, 3.63) is 11.1 Å². The molecular weight excluding hydrogens is 198 g/mol. The molecule has 1 aliphatic carbocycles. The molecule has 0 saturated heterocycles. The second-order valence-electron chi connectivity index (χ2n) is 3.13. The first-order valence-corrected chi connectivity index (χ1v) is 4.46. The maximum absolute atomic E-state index is 11.3. The predicted octanol–water partition coefficient (Wildman–Crippen LogP) is 0.294. The number of carbonyl (C=O) groups is 2. The summed E-state index contributed by atoms with van der Waals surface area (Å²) in [6.45, 7) is 1.76. The molecule has 1 aliphatic rings. The van der Waals surface area contributed by atoms with Crippen molar-refractivity contribution in [3.63, 3.8) is 0 Å². The monoisotopic (exact) mass is 211 g/mol. The molecule has 0 aromatic carbocycles. The van der Waals surface area contributed by atoms with Crippen LogP contribution in [0.15, 0.2) is 16.2 Å². The van der Waals surface area contributed by atoms with Crippen molar-refractivity contribution in [1.82, 2.24) is 5.43 Å². The van der Waals surface area contributed by atoms with Gasteiger partial charge in [0.15, 0.2) is 0 Å². The van der Waals surface area contributed by atoms with E-state index < -0.39 is 6.03 Å². The maximum atomic E-state index is 11.3. The number of rotatable bonds is 2. The van der Waals surface area contributed by atoms with Crippen LogP contribution in [-0.4, -0.2) is 24.8 Å². The van der Waals surface area contributed by atoms with Crippen LogP contribution in [0.3, 0.4) is 0 Å². The molecule has 1 rings (SSSR count). The van der Waals surface area contributed by atoms with Gasteiger partial charge in [-0.15, -0.1) is 0 Å². The van der Waals surface area contributed by atoms with Crippen LogP contribution in [0, 0.1) is 0 Å². The summed E-state index contributed by atoms with van der Waals surface area (Å²) >= 11 is 0. The molecule has 15 heavy (non-hydrogen) atoms. The number of carbonyl (C=O) groups excluding carboxylic acids is 2. The minimum absolute atomic E-state index is 0.350. The number of nitrogens with one attached hydrogen (secondary N) is 1. The number of hydrogen-bond donors (Lipinski definition) is 2. The molecule has 82 valence electrons. The SMILES string of the molecule is COC(=O)C1=C(C)/C(=N\NC(N)=O)CC1. The summed E-state index contributed by atoms with van der Waals surface area (Å²) in [6.07, 6.45) is 1.19. The first-order valence-electron chi connectivity index (χ1n) is 4.46. The van der Waals surface area contributed by atoms with Gasteiger partial charge in [-0.25, -0.2) is 15.0 Å². The Morgan fingerprint density at radius 1 is 1.47 bits per heavy atom. The average Bonchev–Trinajstić information content (AvgIpc) is 2.56. The normalized spacial score (nSPS) is 18.1. The lowest BCUT2D eigenvalue weighted by atomic mass is 10.2. The highest BCUT2D eigenvalue weighted by atomic mass is 16.5. The molecule has 0 aromatic rings. The maximum Gasteiger partial charge on any atom is 0.334 e. The zero-order valence-electron chi connectivity index (χ0n) is 8.66. The minimum atomic E-state index is -0.721. The number of ether oxygens (including phenoxy) is 1. The second kappa shape index (κ2) is 4.59. The smallest absolute Gasteiger partial charge is 0.334 e. The third kappa shape index (κ3) is 2.55. The number of hydrogen-bond acceptors (Lipinski definition) is 4. The van der Waals surface area contributed by atoms with Gasteiger partial charge in [-0.1, -0.05) is 0 Å². The highest BCUT2D eigenvalue weighted by Crippen LogP contribution is 2.24. The summed E-state index contributed by atoms with van der Waals surface area (Å²) in [5.41, 5.74) is 9.01. The Morgan fingerprint density at radius 2 is 2.13 bits per heavy atom. The van der Waals surface area contributed by atoms with Crippen LogP contribution in [0.1, 0.15) is 19.8 Å². The molecule has 0 unspecified atom stereocenters. The summed E-state index contributed by atoms with van der Waals surface area (Å²) in [7, 11) is 1.33. The van der Waals surface area contributed by atoms with Gasteiger partial charge >= 0.3 is 12.0 Å². The number of allylic oxidation sites excluding steroid dienone is 1. The van der Waals surface area contributed by atoms with Gasteiger partial charge < -0.3 is 10.5 Å². The van der Waals surface area contributed by atoms with Gasteiger partial charge in [0.05, 0.1) is 12.8 Å². The summed E-state index contributed by atoms with van der Waals surface area (Å²) in [4.78, 5) is 21.7. The van der Waals surface area contributed by atoms with Crippen molar-refractivity contribution in [2.75, 3.05) is 7.11 Å². The summed E-state index contributed by atoms with van der Waals surface area (Å²) in [6, 6.07) is -0.721. The van der Waals surface area contributed by atoms with Gasteiger partial charge in [-0.05, 0) is 25.3 Å². The zero-order valence-corrected chi connectivity index (χ0v) is 8.66. The van der Waals surface area contributed by atoms with Crippen molar-refractivity contribution < 1.29 is 14.3 Å². The molecule has 2 amide bonds. The van der Waals surface area contributed by atoms with Crippen molar-refractivity contribution in [1.29, 1.82) is 0 Å². The van der Waals surface area contributed by atoms with E-state index in [-0.39, 0.29) is 5.97 Å². The molecule has 3 N–H and O–H groups in total. The fourth-order valence-corrected chi connectivity index (χ4v) is 1.43. The first-order chi connectivity index (χ1) is 7.06. The molecule has 6 nitrogen and oxygen atoms in total. The summed E-state index contributed by atoms with van der Waals surface area (Å²) in [5.74, 6) is -0.350. The number of esters is 1. The van der Waals surface area contributed by atoms with E-state index >= 15 is 0 Å². The number of methoxy groups -OCH3 is 1. The molecule has 0 fully saturated rings. The van der Waals surface area contributed by atoms with Gasteiger partial charge in [-0.3, -0.25) is 0 Å². The zero-order chi connectivity index (χ0) is 11.4. The fourth-order valence-electron chi connectivity index (χ4n) is 1.43. The highest BCUT2D eigenvalue weighted by molar-refractivity contribution is 6.10. The van der Waals surface area contributed by atoms with Crippen LogP contribution < -0.4 is 11.2 Å². The minimum Gasteiger partial charge on any atom is -0.466 e. The largest absolute Gasteiger partial charge is 0.466 e.